The maximum absolute atomic E-state index is 5.28. The van der Waals surface area contributed by atoms with Gasteiger partial charge in [-0.25, -0.2) is 15.0 Å². The molecule has 0 aliphatic carbocycles. The van der Waals surface area contributed by atoms with Crippen molar-refractivity contribution in [2.45, 2.75) is 0 Å². The molecule has 0 N–H and O–H groups in total. The second-order valence-corrected chi connectivity index (χ2v) is 15.4. The Morgan fingerprint density at radius 1 is 0.291 bits per heavy atom. The van der Waals surface area contributed by atoms with Gasteiger partial charge in [0.05, 0.1) is 0 Å². The average Bonchev–Trinajstić information content (AvgIpc) is 3.65. The van der Waals surface area contributed by atoms with Crippen LogP contribution in [0.15, 0.2) is 176 Å². The number of fused-ring (bicyclic) bond motifs is 13. The Morgan fingerprint density at radius 2 is 0.800 bits per heavy atom. The summed E-state index contributed by atoms with van der Waals surface area (Å²) in [6, 6.07) is 63.3. The van der Waals surface area contributed by atoms with Crippen LogP contribution in [-0.2, 0) is 0 Å². The molecule has 0 aliphatic rings. The topological polar surface area (TPSA) is 38.7 Å². The Bertz CT molecular complexity index is 3560. The van der Waals surface area contributed by atoms with Crippen molar-refractivity contribution in [3.63, 3.8) is 0 Å². The summed E-state index contributed by atoms with van der Waals surface area (Å²) < 4.78 is 2.62. The molecule has 55 heavy (non-hydrogen) atoms. The van der Waals surface area contributed by atoms with Gasteiger partial charge in [0.1, 0.15) is 0 Å². The van der Waals surface area contributed by atoms with E-state index >= 15 is 0 Å². The molecule has 254 valence electrons. The summed E-state index contributed by atoms with van der Waals surface area (Å²) in [6.07, 6.45) is 0. The SMILES string of the molecule is c1ccc2cc(-c3nc(-c4ccc5c(ccc6ccc7sc8ccc9ccccc9c8c7c65)c4)nc(-c4cc5ccccc5c5ccccc45)n3)ccc2c1. The molecule has 4 heteroatoms. The Balaban J connectivity index is 1.11. The fourth-order valence-electron chi connectivity index (χ4n) is 8.64. The van der Waals surface area contributed by atoms with Gasteiger partial charge in [-0.3, -0.25) is 0 Å². The monoisotopic (exact) mass is 715 g/mol. The summed E-state index contributed by atoms with van der Waals surface area (Å²) in [4.78, 5) is 15.7. The van der Waals surface area contributed by atoms with Gasteiger partial charge in [0.15, 0.2) is 17.5 Å². The van der Waals surface area contributed by atoms with Gasteiger partial charge in [-0.05, 0) is 95.0 Å². The number of hydrogen-bond donors (Lipinski definition) is 0. The first-order valence-electron chi connectivity index (χ1n) is 18.6. The zero-order chi connectivity index (χ0) is 36.0. The second kappa shape index (κ2) is 11.7. The number of hydrogen-bond acceptors (Lipinski definition) is 4. The quantitative estimate of drug-likeness (QED) is 0.171. The van der Waals surface area contributed by atoms with Gasteiger partial charge in [0, 0.05) is 36.9 Å². The van der Waals surface area contributed by atoms with E-state index in [1.807, 2.05) is 11.3 Å². The molecule has 3 nitrogen and oxygen atoms in total. The first kappa shape index (κ1) is 30.5. The van der Waals surface area contributed by atoms with E-state index in [0.717, 1.165) is 38.2 Å². The van der Waals surface area contributed by atoms with Crippen molar-refractivity contribution < 1.29 is 0 Å². The van der Waals surface area contributed by atoms with Crippen molar-refractivity contribution in [3.05, 3.63) is 176 Å². The van der Waals surface area contributed by atoms with E-state index in [2.05, 4.69) is 176 Å². The third-order valence-electron chi connectivity index (χ3n) is 11.2. The lowest BCUT2D eigenvalue weighted by Gasteiger charge is -2.13. The molecule has 10 aromatic carbocycles. The summed E-state index contributed by atoms with van der Waals surface area (Å²) in [5.74, 6) is 1.96. The predicted octanol–water partition coefficient (Wildman–Crippen LogP) is 14.2. The van der Waals surface area contributed by atoms with Gasteiger partial charge in [0.2, 0.25) is 0 Å². The van der Waals surface area contributed by atoms with Crippen LogP contribution in [0, 0.1) is 0 Å². The van der Waals surface area contributed by atoms with Crippen LogP contribution in [0.5, 0.6) is 0 Å². The normalized spacial score (nSPS) is 12.0. The van der Waals surface area contributed by atoms with Crippen LogP contribution in [-0.4, -0.2) is 15.0 Å². The maximum atomic E-state index is 5.28. The van der Waals surface area contributed by atoms with Crippen molar-refractivity contribution in [1.82, 2.24) is 15.0 Å². The molecule has 0 saturated heterocycles. The third-order valence-corrected chi connectivity index (χ3v) is 12.4. The summed E-state index contributed by atoms with van der Waals surface area (Å²) >= 11 is 1.87. The van der Waals surface area contributed by atoms with Crippen molar-refractivity contribution in [3.8, 4) is 34.2 Å². The molecule has 2 heterocycles. The first-order valence-corrected chi connectivity index (χ1v) is 19.4. The van der Waals surface area contributed by atoms with E-state index in [0.29, 0.717) is 17.5 Å². The fourth-order valence-corrected chi connectivity index (χ4v) is 9.77. The van der Waals surface area contributed by atoms with Crippen LogP contribution >= 0.6 is 11.3 Å². The molecule has 0 aliphatic heterocycles. The highest BCUT2D eigenvalue weighted by molar-refractivity contribution is 7.26. The number of aromatic nitrogens is 3. The zero-order valence-corrected chi connectivity index (χ0v) is 30.3. The van der Waals surface area contributed by atoms with Crippen LogP contribution in [0.3, 0.4) is 0 Å². The number of rotatable bonds is 3. The molecule has 0 bridgehead atoms. The Kier molecular flexibility index (Phi) is 6.50. The minimum atomic E-state index is 0.651. The highest BCUT2D eigenvalue weighted by Crippen LogP contribution is 2.44. The lowest BCUT2D eigenvalue weighted by Crippen LogP contribution is -2.01. The van der Waals surface area contributed by atoms with Crippen LogP contribution in [0.2, 0.25) is 0 Å². The molecule has 0 saturated carbocycles. The molecule has 0 spiro atoms. The van der Waals surface area contributed by atoms with Gasteiger partial charge in [-0.15, -0.1) is 11.3 Å². The average molecular weight is 716 g/mol. The summed E-state index contributed by atoms with van der Waals surface area (Å²) in [5.41, 5.74) is 2.90. The minimum Gasteiger partial charge on any atom is -0.208 e. The second-order valence-electron chi connectivity index (χ2n) is 14.4. The predicted molar refractivity (Wildman–Crippen MR) is 234 cm³/mol. The van der Waals surface area contributed by atoms with Crippen molar-refractivity contribution in [2.24, 2.45) is 0 Å². The molecule has 0 radical (unpaired) electrons. The van der Waals surface area contributed by atoms with E-state index in [1.54, 1.807) is 0 Å². The summed E-state index contributed by atoms with van der Waals surface area (Å²) in [5, 5.41) is 17.2. The van der Waals surface area contributed by atoms with Crippen LogP contribution in [0.25, 0.3) is 119 Å². The Hall–Kier alpha value is -7.01. The van der Waals surface area contributed by atoms with Gasteiger partial charge in [-0.1, -0.05) is 146 Å². The van der Waals surface area contributed by atoms with Crippen LogP contribution in [0.4, 0.5) is 0 Å². The Labute approximate surface area is 319 Å². The number of nitrogens with zero attached hydrogens (tertiary/aromatic N) is 3. The van der Waals surface area contributed by atoms with Crippen molar-refractivity contribution in [2.75, 3.05) is 0 Å². The molecular formula is C51H29N3S. The first-order chi connectivity index (χ1) is 27.2. The molecule has 2 aromatic heterocycles. The van der Waals surface area contributed by atoms with E-state index in [-0.39, 0.29) is 0 Å². The molecular weight excluding hydrogens is 687 g/mol. The largest absolute Gasteiger partial charge is 0.208 e. The molecule has 12 rings (SSSR count). The lowest BCUT2D eigenvalue weighted by molar-refractivity contribution is 1.08. The van der Waals surface area contributed by atoms with Gasteiger partial charge in [0.25, 0.3) is 0 Å². The lowest BCUT2D eigenvalue weighted by atomic mass is 9.95. The van der Waals surface area contributed by atoms with Crippen molar-refractivity contribution >= 4 is 96.1 Å². The van der Waals surface area contributed by atoms with Gasteiger partial charge >= 0.3 is 0 Å². The summed E-state index contributed by atoms with van der Waals surface area (Å²) in [7, 11) is 0. The maximum Gasteiger partial charge on any atom is 0.164 e. The highest BCUT2D eigenvalue weighted by Gasteiger charge is 2.18. The molecule has 0 unspecified atom stereocenters. The van der Waals surface area contributed by atoms with E-state index in [4.69, 9.17) is 15.0 Å². The van der Waals surface area contributed by atoms with Crippen LogP contribution < -0.4 is 0 Å². The summed E-state index contributed by atoms with van der Waals surface area (Å²) in [6.45, 7) is 0. The third kappa shape index (κ3) is 4.72. The molecule has 12 aromatic rings. The van der Waals surface area contributed by atoms with Gasteiger partial charge < -0.3 is 0 Å². The molecule has 0 amide bonds. The fraction of sp³-hybridized carbons (Fsp3) is 0. The standard InChI is InChI=1S/C51H29N3S/c1-2-11-33-27-36(20-17-30(33)9-1)49-52-50(54-51(53-49)43-29-34-12-4-5-13-38(34)41-15-7-8-16-42(41)43)37-21-24-40-35(28-37)19-18-32-23-26-45-48(46(32)40)47-39-14-6-3-10-31(39)22-25-44(47)55-45/h1-29H. The smallest absolute Gasteiger partial charge is 0.164 e. The van der Waals surface area contributed by atoms with Crippen molar-refractivity contribution in [1.29, 1.82) is 0 Å². The Morgan fingerprint density at radius 3 is 1.62 bits per heavy atom. The minimum absolute atomic E-state index is 0.651. The van der Waals surface area contributed by atoms with E-state index in [9.17, 15) is 0 Å². The number of thiophene rings is 1. The zero-order valence-electron chi connectivity index (χ0n) is 29.5. The highest BCUT2D eigenvalue weighted by atomic mass is 32.1. The molecule has 0 atom stereocenters. The van der Waals surface area contributed by atoms with E-state index < -0.39 is 0 Å². The van der Waals surface area contributed by atoms with E-state index in [1.165, 1.54) is 63.3 Å². The van der Waals surface area contributed by atoms with Gasteiger partial charge in [-0.2, -0.15) is 0 Å². The number of benzene rings is 10. The molecule has 0 fully saturated rings. The van der Waals surface area contributed by atoms with Crippen LogP contribution in [0.1, 0.15) is 0 Å².